The highest BCUT2D eigenvalue weighted by Gasteiger charge is 2.06. The fourth-order valence-corrected chi connectivity index (χ4v) is 1.44. The van der Waals surface area contributed by atoms with Crippen LogP contribution in [0, 0.1) is 0 Å². The number of hydrogen-bond donors (Lipinski definition) is 1. The Hall–Kier alpha value is -1.48. The number of halogens is 1. The second-order valence-electron chi connectivity index (χ2n) is 2.56. The van der Waals surface area contributed by atoms with E-state index in [0.29, 0.717) is 5.39 Å². The predicted molar refractivity (Wildman–Crippen MR) is 49.2 cm³/mol. The summed E-state index contributed by atoms with van der Waals surface area (Å²) >= 11 is 5.75. The van der Waals surface area contributed by atoms with Crippen molar-refractivity contribution in [3.05, 3.63) is 39.7 Å². The van der Waals surface area contributed by atoms with Gasteiger partial charge in [-0.25, -0.2) is 4.79 Å². The smallest absolute Gasteiger partial charge is 0.337 e. The lowest BCUT2D eigenvalue weighted by Gasteiger charge is -1.99. The first-order valence-electron chi connectivity index (χ1n) is 3.60. The Morgan fingerprint density at radius 3 is 2.92 bits per heavy atom. The molecule has 0 saturated carbocycles. The van der Waals surface area contributed by atoms with Crippen molar-refractivity contribution < 1.29 is 9.52 Å². The van der Waals surface area contributed by atoms with Crippen LogP contribution in [0.25, 0.3) is 11.0 Å². The van der Waals surface area contributed by atoms with Crippen molar-refractivity contribution in [2.45, 2.75) is 0 Å². The van der Waals surface area contributed by atoms with E-state index in [1.807, 2.05) is 0 Å². The second kappa shape index (κ2) is 2.78. The normalized spacial score (nSPS) is 10.5. The SMILES string of the molecule is O=c1cc(Cl)c2c(O)cccc2o1. The summed E-state index contributed by atoms with van der Waals surface area (Å²) in [6.45, 7) is 0. The molecule has 1 aromatic carbocycles. The molecule has 0 atom stereocenters. The summed E-state index contributed by atoms with van der Waals surface area (Å²) in [4.78, 5) is 10.9. The van der Waals surface area contributed by atoms with Crippen molar-refractivity contribution in [2.24, 2.45) is 0 Å². The van der Waals surface area contributed by atoms with E-state index in [1.165, 1.54) is 6.07 Å². The van der Waals surface area contributed by atoms with Crippen molar-refractivity contribution in [1.29, 1.82) is 0 Å². The molecule has 1 aromatic heterocycles. The van der Waals surface area contributed by atoms with Crippen LogP contribution in [0.5, 0.6) is 5.75 Å². The minimum Gasteiger partial charge on any atom is -0.507 e. The summed E-state index contributed by atoms with van der Waals surface area (Å²) in [5.74, 6) is 0.00579. The van der Waals surface area contributed by atoms with Gasteiger partial charge in [0.25, 0.3) is 0 Å². The molecule has 0 unspecified atom stereocenters. The third-order valence-electron chi connectivity index (χ3n) is 1.70. The molecular weight excluding hydrogens is 192 g/mol. The standard InChI is InChI=1S/C9H5ClO3/c10-5-4-8(12)13-7-3-1-2-6(11)9(5)7/h1-4,11H. The van der Waals surface area contributed by atoms with Gasteiger partial charge in [-0.15, -0.1) is 0 Å². The summed E-state index contributed by atoms with van der Waals surface area (Å²) in [6, 6.07) is 5.76. The second-order valence-corrected chi connectivity index (χ2v) is 2.97. The molecule has 3 nitrogen and oxygen atoms in total. The minimum atomic E-state index is -0.525. The van der Waals surface area contributed by atoms with Gasteiger partial charge in [0.05, 0.1) is 10.4 Å². The van der Waals surface area contributed by atoms with Crippen LogP contribution in [-0.4, -0.2) is 5.11 Å². The molecule has 4 heteroatoms. The maximum Gasteiger partial charge on any atom is 0.337 e. The molecule has 0 bridgehead atoms. The van der Waals surface area contributed by atoms with E-state index in [0.717, 1.165) is 6.07 Å². The van der Waals surface area contributed by atoms with Gasteiger partial charge in [-0.2, -0.15) is 0 Å². The number of rotatable bonds is 0. The number of phenolic OH excluding ortho intramolecular Hbond substituents is 1. The van der Waals surface area contributed by atoms with Crippen molar-refractivity contribution >= 4 is 22.6 Å². The van der Waals surface area contributed by atoms with E-state index in [4.69, 9.17) is 16.0 Å². The van der Waals surface area contributed by atoms with Crippen LogP contribution in [0.2, 0.25) is 5.02 Å². The average molecular weight is 197 g/mol. The molecule has 0 aliphatic carbocycles. The zero-order valence-electron chi connectivity index (χ0n) is 6.45. The number of phenols is 1. The molecule has 2 aromatic rings. The first-order valence-corrected chi connectivity index (χ1v) is 3.97. The predicted octanol–water partition coefficient (Wildman–Crippen LogP) is 2.15. The number of aromatic hydroxyl groups is 1. The zero-order valence-corrected chi connectivity index (χ0v) is 7.21. The third kappa shape index (κ3) is 1.27. The first kappa shape index (κ1) is 8.13. The monoisotopic (exact) mass is 196 g/mol. The molecule has 13 heavy (non-hydrogen) atoms. The van der Waals surface area contributed by atoms with E-state index < -0.39 is 5.63 Å². The molecule has 66 valence electrons. The maximum atomic E-state index is 10.9. The van der Waals surface area contributed by atoms with Crippen molar-refractivity contribution in [1.82, 2.24) is 0 Å². The molecule has 0 saturated heterocycles. The topological polar surface area (TPSA) is 50.4 Å². The molecule has 1 N–H and O–H groups in total. The molecular formula is C9H5ClO3. The highest BCUT2D eigenvalue weighted by Crippen LogP contribution is 2.29. The quantitative estimate of drug-likeness (QED) is 0.657. The Balaban J connectivity index is 3.03. The summed E-state index contributed by atoms with van der Waals surface area (Å²) < 4.78 is 4.82. The van der Waals surface area contributed by atoms with E-state index in [9.17, 15) is 9.90 Å². The molecule has 0 radical (unpaired) electrons. The molecule has 0 aliphatic heterocycles. The molecule has 1 heterocycles. The number of fused-ring (bicyclic) bond motifs is 1. The van der Waals surface area contributed by atoms with Gasteiger partial charge in [-0.1, -0.05) is 17.7 Å². The number of benzene rings is 1. The Bertz CT molecular complexity index is 516. The minimum absolute atomic E-state index is 0.00579. The summed E-state index contributed by atoms with van der Waals surface area (Å²) in [5, 5.41) is 9.96. The van der Waals surface area contributed by atoms with E-state index in [1.54, 1.807) is 12.1 Å². The van der Waals surface area contributed by atoms with Crippen LogP contribution >= 0.6 is 11.6 Å². The summed E-state index contributed by atoms with van der Waals surface area (Å²) in [6.07, 6.45) is 0. The van der Waals surface area contributed by atoms with Crippen LogP contribution in [0.15, 0.2) is 33.5 Å². The van der Waals surface area contributed by atoms with Gasteiger partial charge in [0, 0.05) is 6.07 Å². The van der Waals surface area contributed by atoms with Crippen LogP contribution in [-0.2, 0) is 0 Å². The van der Waals surface area contributed by atoms with Gasteiger partial charge in [0.1, 0.15) is 11.3 Å². The fourth-order valence-electron chi connectivity index (χ4n) is 1.16. The molecule has 0 fully saturated rings. The van der Waals surface area contributed by atoms with Gasteiger partial charge < -0.3 is 9.52 Å². The van der Waals surface area contributed by atoms with Crippen molar-refractivity contribution in [2.75, 3.05) is 0 Å². The fraction of sp³-hybridized carbons (Fsp3) is 0. The van der Waals surface area contributed by atoms with E-state index >= 15 is 0 Å². The lowest BCUT2D eigenvalue weighted by atomic mass is 10.2. The van der Waals surface area contributed by atoms with Crippen LogP contribution in [0.3, 0.4) is 0 Å². The summed E-state index contributed by atoms with van der Waals surface area (Å²) in [7, 11) is 0. The highest BCUT2D eigenvalue weighted by atomic mass is 35.5. The van der Waals surface area contributed by atoms with Gasteiger partial charge in [0.15, 0.2) is 0 Å². The Kier molecular flexibility index (Phi) is 1.74. The lowest BCUT2D eigenvalue weighted by Crippen LogP contribution is -1.95. The van der Waals surface area contributed by atoms with Gasteiger partial charge >= 0.3 is 5.63 Å². The van der Waals surface area contributed by atoms with Gasteiger partial charge in [0.2, 0.25) is 0 Å². The van der Waals surface area contributed by atoms with E-state index in [-0.39, 0.29) is 16.4 Å². The molecule has 0 spiro atoms. The lowest BCUT2D eigenvalue weighted by molar-refractivity contribution is 0.479. The Morgan fingerprint density at radius 2 is 2.15 bits per heavy atom. The van der Waals surface area contributed by atoms with Crippen LogP contribution in [0.1, 0.15) is 0 Å². The van der Waals surface area contributed by atoms with E-state index in [2.05, 4.69) is 0 Å². The van der Waals surface area contributed by atoms with Gasteiger partial charge in [-0.05, 0) is 12.1 Å². The highest BCUT2D eigenvalue weighted by molar-refractivity contribution is 6.35. The molecule has 0 aliphatic rings. The Labute approximate surface area is 78.2 Å². The van der Waals surface area contributed by atoms with Crippen LogP contribution < -0.4 is 5.63 Å². The zero-order chi connectivity index (χ0) is 9.42. The maximum absolute atomic E-state index is 10.9. The van der Waals surface area contributed by atoms with Crippen molar-refractivity contribution in [3.63, 3.8) is 0 Å². The van der Waals surface area contributed by atoms with Crippen molar-refractivity contribution in [3.8, 4) is 5.75 Å². The van der Waals surface area contributed by atoms with Crippen LogP contribution in [0.4, 0.5) is 0 Å². The molecule has 0 amide bonds. The largest absolute Gasteiger partial charge is 0.507 e. The Morgan fingerprint density at radius 1 is 1.38 bits per heavy atom. The molecule has 2 rings (SSSR count). The third-order valence-corrected chi connectivity index (χ3v) is 2.00. The first-order chi connectivity index (χ1) is 6.18. The number of hydrogen-bond acceptors (Lipinski definition) is 3. The summed E-state index contributed by atoms with van der Waals surface area (Å²) in [5.41, 5.74) is -0.236. The van der Waals surface area contributed by atoms with Gasteiger partial charge in [-0.3, -0.25) is 0 Å². The average Bonchev–Trinajstić information content (AvgIpc) is 2.02.